The minimum atomic E-state index is -1.95. The van der Waals surface area contributed by atoms with Crippen molar-refractivity contribution in [2.24, 2.45) is 0 Å². The Bertz CT molecular complexity index is 608. The lowest BCUT2D eigenvalue weighted by Crippen LogP contribution is -2.39. The zero-order chi connectivity index (χ0) is 15.0. The number of esters is 2. The molecule has 1 saturated heterocycles. The Balaban J connectivity index is 2.41. The molecule has 0 bridgehead atoms. The molecule has 0 aromatic heterocycles. The van der Waals surface area contributed by atoms with Gasteiger partial charge >= 0.3 is 18.2 Å². The van der Waals surface area contributed by atoms with Gasteiger partial charge in [-0.15, -0.1) is 0 Å². The fourth-order valence-corrected chi connectivity index (χ4v) is 1.75. The molecule has 0 radical (unpaired) electrons. The van der Waals surface area contributed by atoms with E-state index < -0.39 is 47.6 Å². The van der Waals surface area contributed by atoms with Crippen LogP contribution < -0.4 is 0 Å². The summed E-state index contributed by atoms with van der Waals surface area (Å²) >= 11 is 0. The van der Waals surface area contributed by atoms with Gasteiger partial charge in [0.15, 0.2) is 0 Å². The first-order valence-corrected chi connectivity index (χ1v) is 5.69. The molecule has 1 aromatic rings. The summed E-state index contributed by atoms with van der Waals surface area (Å²) in [6.07, 6.45) is -2.59. The van der Waals surface area contributed by atoms with Crippen molar-refractivity contribution in [3.05, 3.63) is 34.4 Å². The first-order valence-electron chi connectivity index (χ1n) is 5.69. The molecule has 1 heterocycles. The lowest BCUT2D eigenvalue weighted by Gasteiger charge is -2.21. The van der Waals surface area contributed by atoms with Gasteiger partial charge in [0.1, 0.15) is 18.1 Å². The van der Waals surface area contributed by atoms with Crippen LogP contribution >= 0.6 is 0 Å². The Kier molecular flexibility index (Phi) is 3.52. The number of cyclic esters (lactones) is 2. The smallest absolute Gasteiger partial charge is 0.320 e. The Morgan fingerprint density at radius 1 is 1.20 bits per heavy atom. The van der Waals surface area contributed by atoms with Gasteiger partial charge in [0, 0.05) is 0 Å². The second-order valence-electron chi connectivity index (χ2n) is 4.34. The van der Waals surface area contributed by atoms with E-state index >= 15 is 0 Å². The third kappa shape index (κ3) is 2.38. The maximum atomic E-state index is 14.0. The number of hydrogen-bond donors (Lipinski definition) is 0. The molecule has 7 heteroatoms. The third-order valence-electron chi connectivity index (χ3n) is 2.95. The van der Waals surface area contributed by atoms with E-state index in [0.717, 1.165) is 6.07 Å². The summed E-state index contributed by atoms with van der Waals surface area (Å²) in [5.41, 5.74) is -0.474. The molecule has 0 unspecified atom stereocenters. The van der Waals surface area contributed by atoms with E-state index in [2.05, 4.69) is 9.47 Å². The molecular formula is C13H10F2O5. The molecule has 0 N–H and O–H groups in total. The van der Waals surface area contributed by atoms with Crippen molar-refractivity contribution in [1.82, 2.24) is 0 Å². The highest BCUT2D eigenvalue weighted by molar-refractivity contribution is 6.04. The van der Waals surface area contributed by atoms with Crippen molar-refractivity contribution in [1.29, 1.82) is 0 Å². The molecule has 0 saturated carbocycles. The van der Waals surface area contributed by atoms with Gasteiger partial charge in [0.05, 0.1) is 5.56 Å². The van der Waals surface area contributed by atoms with Crippen LogP contribution in [0.25, 0.3) is 0 Å². The molecule has 1 fully saturated rings. The van der Waals surface area contributed by atoms with E-state index in [0.29, 0.717) is 5.56 Å². The van der Waals surface area contributed by atoms with Crippen LogP contribution in [0.2, 0.25) is 0 Å². The number of hydrogen-bond acceptors (Lipinski definition) is 5. The molecule has 5 nitrogen and oxygen atoms in total. The van der Waals surface area contributed by atoms with Crippen LogP contribution in [0.15, 0.2) is 6.07 Å². The molecular weight excluding hydrogens is 274 g/mol. The summed E-state index contributed by atoms with van der Waals surface area (Å²) in [5.74, 6) is -5.38. The van der Waals surface area contributed by atoms with E-state index in [1.807, 2.05) is 0 Å². The number of rotatable bonds is 2. The first-order chi connectivity index (χ1) is 9.31. The minimum absolute atomic E-state index is 0.0863. The summed E-state index contributed by atoms with van der Waals surface area (Å²) in [6.45, 7) is 2.86. The topological polar surface area (TPSA) is 69.7 Å². The van der Waals surface area contributed by atoms with Crippen molar-refractivity contribution in [3.63, 3.8) is 0 Å². The van der Waals surface area contributed by atoms with Crippen molar-refractivity contribution < 1.29 is 32.6 Å². The van der Waals surface area contributed by atoms with E-state index in [1.165, 1.54) is 13.8 Å². The van der Waals surface area contributed by atoms with E-state index in [9.17, 15) is 23.2 Å². The third-order valence-corrected chi connectivity index (χ3v) is 2.95. The SMILES string of the molecule is Cc1cc(F)c(C(=O)C2OC(=O)CC(=O)O2)c(F)c1C. The summed E-state index contributed by atoms with van der Waals surface area (Å²) < 4.78 is 36.7. The van der Waals surface area contributed by atoms with Crippen molar-refractivity contribution >= 4 is 17.7 Å². The van der Waals surface area contributed by atoms with Crippen molar-refractivity contribution in [2.75, 3.05) is 0 Å². The largest absolute Gasteiger partial charge is 0.417 e. The molecule has 0 atom stereocenters. The van der Waals surface area contributed by atoms with Gasteiger partial charge in [-0.25, -0.2) is 8.78 Å². The number of Topliss-reactive ketones (excluding diaryl/α,β-unsaturated/α-hetero) is 1. The fourth-order valence-electron chi connectivity index (χ4n) is 1.75. The van der Waals surface area contributed by atoms with Gasteiger partial charge in [-0.2, -0.15) is 0 Å². The Morgan fingerprint density at radius 3 is 2.30 bits per heavy atom. The highest BCUT2D eigenvalue weighted by atomic mass is 19.1. The van der Waals surface area contributed by atoms with Crippen LogP contribution in [0.1, 0.15) is 27.9 Å². The Hall–Kier alpha value is -2.31. The average Bonchev–Trinajstić information content (AvgIpc) is 2.34. The number of carbonyl (C=O) groups excluding carboxylic acids is 3. The predicted octanol–water partition coefficient (Wildman–Crippen LogP) is 1.58. The van der Waals surface area contributed by atoms with E-state index in [-0.39, 0.29) is 5.56 Å². The number of ether oxygens (including phenoxy) is 2. The van der Waals surface area contributed by atoms with Gasteiger partial charge in [0.25, 0.3) is 0 Å². The fraction of sp³-hybridized carbons (Fsp3) is 0.308. The molecule has 1 aliphatic rings. The number of ketones is 1. The second kappa shape index (κ2) is 4.99. The summed E-state index contributed by atoms with van der Waals surface area (Å²) in [7, 11) is 0. The summed E-state index contributed by atoms with van der Waals surface area (Å²) in [5, 5.41) is 0. The van der Waals surface area contributed by atoms with Crippen LogP contribution in [0.5, 0.6) is 0 Å². The van der Waals surface area contributed by atoms with Crippen LogP contribution in [0.4, 0.5) is 8.78 Å². The molecule has 0 amide bonds. The van der Waals surface area contributed by atoms with Gasteiger partial charge < -0.3 is 9.47 Å². The van der Waals surface area contributed by atoms with E-state index in [1.54, 1.807) is 0 Å². The lowest BCUT2D eigenvalue weighted by atomic mass is 10.0. The number of benzene rings is 1. The van der Waals surface area contributed by atoms with Crippen LogP contribution in [-0.4, -0.2) is 24.0 Å². The minimum Gasteiger partial charge on any atom is -0.417 e. The molecule has 0 spiro atoms. The monoisotopic (exact) mass is 284 g/mol. The number of aryl methyl sites for hydroxylation is 1. The standard InChI is InChI=1S/C13H10F2O5/c1-5-3-7(14)10(11(15)6(5)2)12(18)13-19-8(16)4-9(17)20-13/h3,13H,4H2,1-2H3. The van der Waals surface area contributed by atoms with Crippen molar-refractivity contribution in [3.8, 4) is 0 Å². The molecule has 0 aliphatic carbocycles. The predicted molar refractivity (Wildman–Crippen MR) is 60.8 cm³/mol. The quantitative estimate of drug-likeness (QED) is 0.468. The van der Waals surface area contributed by atoms with Crippen LogP contribution in [0.3, 0.4) is 0 Å². The average molecular weight is 284 g/mol. The van der Waals surface area contributed by atoms with Gasteiger partial charge in [-0.05, 0) is 31.0 Å². The normalized spacial score (nSPS) is 15.8. The van der Waals surface area contributed by atoms with Gasteiger partial charge in [-0.1, -0.05) is 0 Å². The summed E-state index contributed by atoms with van der Waals surface area (Å²) in [6, 6.07) is 0.984. The van der Waals surface area contributed by atoms with Crippen LogP contribution in [0, 0.1) is 25.5 Å². The maximum absolute atomic E-state index is 14.0. The van der Waals surface area contributed by atoms with Gasteiger partial charge in [0.2, 0.25) is 5.78 Å². The van der Waals surface area contributed by atoms with E-state index in [4.69, 9.17) is 0 Å². The molecule has 2 rings (SSSR count). The zero-order valence-electron chi connectivity index (χ0n) is 10.7. The number of halogens is 2. The molecule has 1 aromatic carbocycles. The zero-order valence-corrected chi connectivity index (χ0v) is 10.7. The lowest BCUT2D eigenvalue weighted by molar-refractivity contribution is -0.194. The molecule has 20 heavy (non-hydrogen) atoms. The van der Waals surface area contributed by atoms with Crippen LogP contribution in [-0.2, 0) is 19.1 Å². The van der Waals surface area contributed by atoms with Gasteiger partial charge in [-0.3, -0.25) is 14.4 Å². The number of carbonyl (C=O) groups is 3. The Labute approximate surface area is 112 Å². The molecule has 106 valence electrons. The molecule has 1 aliphatic heterocycles. The first kappa shape index (κ1) is 14.1. The highest BCUT2D eigenvalue weighted by Crippen LogP contribution is 2.23. The van der Waals surface area contributed by atoms with Crippen molar-refractivity contribution in [2.45, 2.75) is 26.6 Å². The highest BCUT2D eigenvalue weighted by Gasteiger charge is 2.37. The maximum Gasteiger partial charge on any atom is 0.320 e. The second-order valence-corrected chi connectivity index (χ2v) is 4.34. The Morgan fingerprint density at radius 2 is 1.75 bits per heavy atom. The summed E-state index contributed by atoms with van der Waals surface area (Å²) in [4.78, 5) is 34.1.